The summed E-state index contributed by atoms with van der Waals surface area (Å²) in [4.78, 5) is 35.9. The molecule has 2 aliphatic rings. The minimum atomic E-state index is -0.804. The van der Waals surface area contributed by atoms with Crippen molar-refractivity contribution in [3.8, 4) is 0 Å². The summed E-state index contributed by atoms with van der Waals surface area (Å²) in [6, 6.07) is 6.05. The van der Waals surface area contributed by atoms with Crippen LogP contribution >= 0.6 is 0 Å². The van der Waals surface area contributed by atoms with Crippen LogP contribution in [0.25, 0.3) is 0 Å². The Balaban J connectivity index is 1.53. The van der Waals surface area contributed by atoms with Gasteiger partial charge in [-0.05, 0) is 30.7 Å². The van der Waals surface area contributed by atoms with Crippen molar-refractivity contribution in [2.24, 2.45) is 11.3 Å². The minimum absolute atomic E-state index is 0.0274. The smallest absolute Gasteiger partial charge is 0.317 e. The van der Waals surface area contributed by atoms with Crippen LogP contribution in [0.5, 0.6) is 0 Å². The molecule has 0 spiro atoms. The maximum absolute atomic E-state index is 12.3. The number of amides is 2. The molecule has 2 N–H and O–H groups in total. The Labute approximate surface area is 145 Å². The number of aliphatic carboxylic acids is 1. The lowest BCUT2D eigenvalue weighted by Gasteiger charge is -2.23. The monoisotopic (exact) mass is 347 g/mol. The van der Waals surface area contributed by atoms with E-state index in [0.717, 1.165) is 18.4 Å². The minimum Gasteiger partial charge on any atom is -0.481 e. The molecule has 25 heavy (non-hydrogen) atoms. The van der Waals surface area contributed by atoms with Gasteiger partial charge in [0, 0.05) is 31.8 Å². The molecule has 0 bridgehead atoms. The maximum Gasteiger partial charge on any atom is 0.317 e. The van der Waals surface area contributed by atoms with E-state index >= 15 is 0 Å². The highest BCUT2D eigenvalue weighted by molar-refractivity contribution is 5.80. The molecule has 2 atom stereocenters. The molecule has 0 aromatic heterocycles. The van der Waals surface area contributed by atoms with Gasteiger partial charge in [0.05, 0.1) is 10.3 Å². The number of hydrogen-bond acceptors (Lipinski definition) is 4. The number of nitrogens with zero attached hydrogens (tertiary/aromatic N) is 2. The molecule has 1 saturated carbocycles. The third-order valence-electron chi connectivity index (χ3n) is 5.40. The first-order chi connectivity index (χ1) is 11.9. The zero-order chi connectivity index (χ0) is 18.0. The van der Waals surface area contributed by atoms with Crippen LogP contribution in [0.1, 0.15) is 24.8 Å². The van der Waals surface area contributed by atoms with Crippen LogP contribution in [-0.2, 0) is 11.2 Å². The average molecular weight is 347 g/mol. The first-order valence-electron chi connectivity index (χ1n) is 8.42. The van der Waals surface area contributed by atoms with Crippen LogP contribution in [0.15, 0.2) is 24.3 Å². The molecule has 1 heterocycles. The number of fused-ring (bicyclic) bond motifs is 1. The summed E-state index contributed by atoms with van der Waals surface area (Å²) in [6.07, 6.45) is 2.86. The summed E-state index contributed by atoms with van der Waals surface area (Å²) in [5.74, 6) is -0.769. The number of carboxylic acids is 1. The van der Waals surface area contributed by atoms with Crippen molar-refractivity contribution in [1.29, 1.82) is 0 Å². The summed E-state index contributed by atoms with van der Waals surface area (Å²) >= 11 is 0. The molecule has 8 heteroatoms. The normalized spacial score (nSPS) is 24.8. The summed E-state index contributed by atoms with van der Waals surface area (Å²) in [5.41, 5.74) is 0.0200. The standard InChI is InChI=1S/C17H21N3O5/c21-15(22)17-7-2-4-13(17)10-19(11-17)16(23)18-8-6-12-3-1-5-14(9-12)20(24)25/h1,3,5,9,13H,2,4,6-8,10-11H2,(H,18,23)(H,21,22)/t13-,17+/m0/s1. The van der Waals surface area contributed by atoms with Gasteiger partial charge in [0.2, 0.25) is 0 Å². The van der Waals surface area contributed by atoms with Crippen molar-refractivity contribution in [2.75, 3.05) is 19.6 Å². The summed E-state index contributed by atoms with van der Waals surface area (Å²) < 4.78 is 0. The fourth-order valence-electron chi connectivity index (χ4n) is 4.04. The molecule has 1 saturated heterocycles. The van der Waals surface area contributed by atoms with E-state index < -0.39 is 16.3 Å². The predicted octanol–water partition coefficient (Wildman–Crippen LogP) is 2.03. The Morgan fingerprint density at radius 3 is 2.92 bits per heavy atom. The number of urea groups is 1. The molecule has 134 valence electrons. The van der Waals surface area contributed by atoms with E-state index in [4.69, 9.17) is 0 Å². The first-order valence-corrected chi connectivity index (χ1v) is 8.42. The third-order valence-corrected chi connectivity index (χ3v) is 5.40. The molecule has 1 aliphatic heterocycles. The topological polar surface area (TPSA) is 113 Å². The molecule has 1 aliphatic carbocycles. The number of nitro benzene ring substituents is 1. The zero-order valence-corrected chi connectivity index (χ0v) is 13.8. The van der Waals surface area contributed by atoms with Crippen LogP contribution < -0.4 is 5.32 Å². The van der Waals surface area contributed by atoms with Gasteiger partial charge in [0.15, 0.2) is 0 Å². The van der Waals surface area contributed by atoms with Gasteiger partial charge in [0.1, 0.15) is 0 Å². The van der Waals surface area contributed by atoms with Gasteiger partial charge in [-0.3, -0.25) is 14.9 Å². The van der Waals surface area contributed by atoms with E-state index in [1.165, 1.54) is 12.1 Å². The molecule has 0 unspecified atom stereocenters. The SMILES string of the molecule is O=C(NCCc1cccc([N+](=O)[O-])c1)N1C[C@@H]2CCC[C@@]2(C(=O)O)C1. The molecule has 2 amide bonds. The Morgan fingerprint density at radius 1 is 1.44 bits per heavy atom. The lowest BCUT2D eigenvalue weighted by atomic mass is 9.81. The van der Waals surface area contributed by atoms with Crippen LogP contribution in [0.4, 0.5) is 10.5 Å². The second-order valence-corrected chi connectivity index (χ2v) is 6.84. The Kier molecular flexibility index (Phi) is 4.61. The van der Waals surface area contributed by atoms with Gasteiger partial charge in [-0.25, -0.2) is 4.79 Å². The average Bonchev–Trinajstić information content (AvgIpc) is 3.13. The van der Waals surface area contributed by atoms with Crippen molar-refractivity contribution >= 4 is 17.7 Å². The van der Waals surface area contributed by atoms with Crippen molar-refractivity contribution in [3.05, 3.63) is 39.9 Å². The lowest BCUT2D eigenvalue weighted by molar-refractivity contribution is -0.384. The van der Waals surface area contributed by atoms with Gasteiger partial charge in [-0.1, -0.05) is 18.6 Å². The number of carbonyl (C=O) groups excluding carboxylic acids is 1. The van der Waals surface area contributed by atoms with Crippen LogP contribution in [0.3, 0.4) is 0 Å². The lowest BCUT2D eigenvalue weighted by Crippen LogP contribution is -2.42. The highest BCUT2D eigenvalue weighted by atomic mass is 16.6. The molecule has 0 radical (unpaired) electrons. The fourth-order valence-corrected chi connectivity index (χ4v) is 4.04. The molecule has 8 nitrogen and oxygen atoms in total. The summed E-state index contributed by atoms with van der Waals surface area (Å²) in [7, 11) is 0. The van der Waals surface area contributed by atoms with Gasteiger partial charge in [0.25, 0.3) is 5.69 Å². The predicted molar refractivity (Wildman–Crippen MR) is 89.2 cm³/mol. The van der Waals surface area contributed by atoms with E-state index in [-0.39, 0.29) is 24.2 Å². The van der Waals surface area contributed by atoms with Crippen molar-refractivity contribution in [1.82, 2.24) is 10.2 Å². The van der Waals surface area contributed by atoms with E-state index in [2.05, 4.69) is 5.32 Å². The summed E-state index contributed by atoms with van der Waals surface area (Å²) in [5, 5.41) is 23.1. The number of carbonyl (C=O) groups is 2. The van der Waals surface area contributed by atoms with Gasteiger partial charge in [-0.15, -0.1) is 0 Å². The number of nitrogens with one attached hydrogen (secondary N) is 1. The van der Waals surface area contributed by atoms with Crippen molar-refractivity contribution in [2.45, 2.75) is 25.7 Å². The number of hydrogen-bond donors (Lipinski definition) is 2. The second kappa shape index (κ2) is 6.70. The Bertz CT molecular complexity index is 707. The highest BCUT2D eigenvalue weighted by Crippen LogP contribution is 2.48. The number of benzene rings is 1. The number of nitro groups is 1. The molecular formula is C17H21N3O5. The van der Waals surface area contributed by atoms with Crippen molar-refractivity contribution < 1.29 is 19.6 Å². The van der Waals surface area contributed by atoms with E-state index in [1.807, 2.05) is 0 Å². The molecule has 1 aromatic rings. The van der Waals surface area contributed by atoms with E-state index in [9.17, 15) is 24.8 Å². The number of non-ortho nitro benzene ring substituents is 1. The fraction of sp³-hybridized carbons (Fsp3) is 0.529. The largest absolute Gasteiger partial charge is 0.481 e. The third kappa shape index (κ3) is 3.29. The van der Waals surface area contributed by atoms with E-state index in [1.54, 1.807) is 17.0 Å². The molecular weight excluding hydrogens is 326 g/mol. The van der Waals surface area contributed by atoms with Gasteiger partial charge >= 0.3 is 12.0 Å². The summed E-state index contributed by atoms with van der Waals surface area (Å²) in [6.45, 7) is 1.09. The molecule has 1 aromatic carbocycles. The second-order valence-electron chi connectivity index (χ2n) is 6.84. The quantitative estimate of drug-likeness (QED) is 0.625. The number of likely N-dealkylation sites (tertiary alicyclic amines) is 1. The highest BCUT2D eigenvalue weighted by Gasteiger charge is 2.55. The maximum atomic E-state index is 12.3. The molecule has 3 rings (SSSR count). The van der Waals surface area contributed by atoms with Gasteiger partial charge in [-0.2, -0.15) is 0 Å². The van der Waals surface area contributed by atoms with E-state index in [0.29, 0.717) is 25.9 Å². The Morgan fingerprint density at radius 2 is 2.24 bits per heavy atom. The van der Waals surface area contributed by atoms with Crippen molar-refractivity contribution in [3.63, 3.8) is 0 Å². The number of carboxylic acid groups (broad SMARTS) is 1. The number of rotatable bonds is 5. The van der Waals surface area contributed by atoms with Gasteiger partial charge < -0.3 is 15.3 Å². The Hall–Kier alpha value is -2.64. The van der Waals surface area contributed by atoms with Crippen LogP contribution in [0, 0.1) is 21.4 Å². The zero-order valence-electron chi connectivity index (χ0n) is 13.8. The molecule has 2 fully saturated rings. The van der Waals surface area contributed by atoms with Crippen LogP contribution in [-0.4, -0.2) is 46.6 Å². The first kappa shape index (κ1) is 17.2. The van der Waals surface area contributed by atoms with Crippen LogP contribution in [0.2, 0.25) is 0 Å².